The number of hydrogen-bond acceptors (Lipinski definition) is 3. The van der Waals surface area contributed by atoms with Crippen molar-refractivity contribution >= 4 is 9.28 Å². The second kappa shape index (κ2) is 4.26. The normalized spacial score (nSPS) is 14.1. The van der Waals surface area contributed by atoms with Crippen LogP contribution < -0.4 is 0 Å². The van der Waals surface area contributed by atoms with Crippen molar-refractivity contribution in [3.63, 3.8) is 0 Å². The lowest BCUT2D eigenvalue weighted by Gasteiger charge is -1.99. The van der Waals surface area contributed by atoms with Gasteiger partial charge in [0.15, 0.2) is 0 Å². The Kier molecular flexibility index (Phi) is 4.32. The number of aliphatic hydroxyl groups is 1. The molecule has 44 valence electrons. The zero-order chi connectivity index (χ0) is 5.70. The SMILES string of the molecule is C[SiH](O)OCCO. The van der Waals surface area contributed by atoms with Gasteiger partial charge >= 0.3 is 9.28 Å². The van der Waals surface area contributed by atoms with E-state index in [2.05, 4.69) is 4.43 Å². The van der Waals surface area contributed by atoms with E-state index >= 15 is 0 Å². The van der Waals surface area contributed by atoms with Gasteiger partial charge in [-0.1, -0.05) is 0 Å². The lowest BCUT2D eigenvalue weighted by molar-refractivity contribution is 0.181. The molecule has 0 aliphatic heterocycles. The van der Waals surface area contributed by atoms with E-state index in [1.807, 2.05) is 0 Å². The van der Waals surface area contributed by atoms with Crippen LogP contribution in [-0.4, -0.2) is 32.4 Å². The van der Waals surface area contributed by atoms with Crippen molar-refractivity contribution < 1.29 is 14.3 Å². The molecule has 1 atom stereocenters. The predicted molar refractivity (Wildman–Crippen MR) is 28.3 cm³/mol. The molecule has 0 aliphatic carbocycles. The Morgan fingerprint density at radius 1 is 1.71 bits per heavy atom. The summed E-state index contributed by atoms with van der Waals surface area (Å²) in [6.45, 7) is 1.90. The molecular weight excluding hydrogens is 112 g/mol. The largest absolute Gasteiger partial charge is 0.413 e. The summed E-state index contributed by atoms with van der Waals surface area (Å²) in [5.41, 5.74) is 0. The van der Waals surface area contributed by atoms with Crippen LogP contribution >= 0.6 is 0 Å². The van der Waals surface area contributed by atoms with E-state index in [1.165, 1.54) is 0 Å². The summed E-state index contributed by atoms with van der Waals surface area (Å²) >= 11 is 0. The molecule has 0 aliphatic rings. The second-order valence-electron chi connectivity index (χ2n) is 1.19. The highest BCUT2D eigenvalue weighted by Gasteiger charge is 1.93. The van der Waals surface area contributed by atoms with E-state index in [1.54, 1.807) is 6.55 Å². The van der Waals surface area contributed by atoms with Crippen LogP contribution in [0.3, 0.4) is 0 Å². The first-order valence-corrected chi connectivity index (χ1v) is 4.32. The molecule has 1 unspecified atom stereocenters. The molecule has 0 amide bonds. The number of rotatable bonds is 3. The zero-order valence-corrected chi connectivity index (χ0v) is 5.45. The van der Waals surface area contributed by atoms with E-state index in [0.29, 0.717) is 0 Å². The van der Waals surface area contributed by atoms with Crippen molar-refractivity contribution in [1.82, 2.24) is 0 Å². The van der Waals surface area contributed by atoms with Gasteiger partial charge in [-0.2, -0.15) is 0 Å². The third-order valence-corrected chi connectivity index (χ3v) is 1.17. The maximum Gasteiger partial charge on any atom is 0.315 e. The van der Waals surface area contributed by atoms with Crippen LogP contribution in [0.25, 0.3) is 0 Å². The highest BCUT2D eigenvalue weighted by Crippen LogP contribution is 1.75. The van der Waals surface area contributed by atoms with E-state index in [0.717, 1.165) is 0 Å². The molecular formula is C3H10O3Si. The standard InChI is InChI=1S/C3H10O3Si/c1-7(5)6-3-2-4/h4-5,7H,2-3H2,1H3. The van der Waals surface area contributed by atoms with Gasteiger partial charge in [-0.05, 0) is 6.55 Å². The summed E-state index contributed by atoms with van der Waals surface area (Å²) in [6.07, 6.45) is 0. The second-order valence-corrected chi connectivity index (χ2v) is 2.73. The molecule has 0 spiro atoms. The minimum absolute atomic E-state index is 0.00208. The molecule has 0 aromatic carbocycles. The van der Waals surface area contributed by atoms with Crippen molar-refractivity contribution in [3.05, 3.63) is 0 Å². The zero-order valence-electron chi connectivity index (χ0n) is 4.29. The minimum Gasteiger partial charge on any atom is -0.413 e. The molecule has 0 aromatic heterocycles. The molecule has 7 heavy (non-hydrogen) atoms. The number of aliphatic hydroxyl groups excluding tert-OH is 1. The third kappa shape index (κ3) is 6.10. The lowest BCUT2D eigenvalue weighted by Crippen LogP contribution is -2.14. The third-order valence-electron chi connectivity index (χ3n) is 0.450. The van der Waals surface area contributed by atoms with Crippen molar-refractivity contribution in [1.29, 1.82) is 0 Å². The van der Waals surface area contributed by atoms with Crippen molar-refractivity contribution in [2.24, 2.45) is 0 Å². The molecule has 0 heterocycles. The van der Waals surface area contributed by atoms with Gasteiger partial charge in [-0.25, -0.2) is 0 Å². The van der Waals surface area contributed by atoms with E-state index in [9.17, 15) is 0 Å². The smallest absolute Gasteiger partial charge is 0.315 e. The van der Waals surface area contributed by atoms with Gasteiger partial charge in [0.1, 0.15) is 0 Å². The van der Waals surface area contributed by atoms with Crippen LogP contribution in [0.15, 0.2) is 0 Å². The summed E-state index contributed by atoms with van der Waals surface area (Å²) in [4.78, 5) is 8.49. The van der Waals surface area contributed by atoms with E-state index in [-0.39, 0.29) is 13.2 Å². The minimum atomic E-state index is -1.85. The fourth-order valence-corrected chi connectivity index (χ4v) is 0.670. The van der Waals surface area contributed by atoms with Crippen molar-refractivity contribution in [3.8, 4) is 0 Å². The van der Waals surface area contributed by atoms with Crippen LogP contribution in [0.4, 0.5) is 0 Å². The van der Waals surface area contributed by atoms with E-state index in [4.69, 9.17) is 9.90 Å². The van der Waals surface area contributed by atoms with Gasteiger partial charge in [-0.3, -0.25) is 0 Å². The fraction of sp³-hybridized carbons (Fsp3) is 1.00. The summed E-state index contributed by atoms with van der Waals surface area (Å²) < 4.78 is 4.64. The van der Waals surface area contributed by atoms with Crippen LogP contribution in [0.1, 0.15) is 0 Å². The monoisotopic (exact) mass is 122 g/mol. The highest BCUT2D eigenvalue weighted by molar-refractivity contribution is 6.40. The van der Waals surface area contributed by atoms with Gasteiger partial charge in [0, 0.05) is 0 Å². The Hall–Kier alpha value is 0.0969. The molecule has 0 saturated carbocycles. The average Bonchev–Trinajstić information content (AvgIpc) is 1.61. The molecule has 3 nitrogen and oxygen atoms in total. The first kappa shape index (κ1) is 7.10. The maximum atomic E-state index is 8.49. The van der Waals surface area contributed by atoms with Gasteiger partial charge in [0.05, 0.1) is 13.2 Å². The summed E-state index contributed by atoms with van der Waals surface area (Å²) in [5.74, 6) is 0. The summed E-state index contributed by atoms with van der Waals surface area (Å²) in [7, 11) is -1.85. The van der Waals surface area contributed by atoms with Gasteiger partial charge in [-0.15, -0.1) is 0 Å². The first-order valence-electron chi connectivity index (χ1n) is 2.18. The molecule has 0 fully saturated rings. The Morgan fingerprint density at radius 3 is 2.43 bits per heavy atom. The Labute approximate surface area is 44.4 Å². The topological polar surface area (TPSA) is 49.7 Å². The molecule has 4 heteroatoms. The summed E-state index contributed by atoms with van der Waals surface area (Å²) in [5, 5.41) is 8.10. The van der Waals surface area contributed by atoms with Crippen LogP contribution in [0.5, 0.6) is 0 Å². The Bertz CT molecular complexity index is 39.2. The quantitative estimate of drug-likeness (QED) is 0.464. The Balaban J connectivity index is 2.68. The van der Waals surface area contributed by atoms with Crippen LogP contribution in [-0.2, 0) is 4.43 Å². The van der Waals surface area contributed by atoms with Crippen molar-refractivity contribution in [2.45, 2.75) is 6.55 Å². The van der Waals surface area contributed by atoms with E-state index < -0.39 is 9.28 Å². The van der Waals surface area contributed by atoms with Crippen LogP contribution in [0.2, 0.25) is 6.55 Å². The van der Waals surface area contributed by atoms with Gasteiger partial charge in [0.25, 0.3) is 0 Å². The maximum absolute atomic E-state index is 8.49. The molecule has 2 N–H and O–H groups in total. The molecule has 0 bridgehead atoms. The molecule has 0 aromatic rings. The first-order chi connectivity index (χ1) is 3.27. The van der Waals surface area contributed by atoms with Crippen LogP contribution in [0, 0.1) is 0 Å². The van der Waals surface area contributed by atoms with Crippen molar-refractivity contribution in [2.75, 3.05) is 13.2 Å². The predicted octanol–water partition coefficient (Wildman–Crippen LogP) is -1.16. The Morgan fingerprint density at radius 2 is 2.29 bits per heavy atom. The number of hydrogen-bond donors (Lipinski definition) is 2. The summed E-state index contributed by atoms with van der Waals surface area (Å²) in [6, 6.07) is 0. The van der Waals surface area contributed by atoms with Gasteiger partial charge < -0.3 is 14.3 Å². The van der Waals surface area contributed by atoms with Gasteiger partial charge in [0.2, 0.25) is 0 Å². The molecule has 0 radical (unpaired) electrons. The molecule has 0 rings (SSSR count). The average molecular weight is 122 g/mol. The fourth-order valence-electron chi connectivity index (χ4n) is 0.223. The highest BCUT2D eigenvalue weighted by atomic mass is 28.3. The lowest BCUT2D eigenvalue weighted by atomic mass is 10.8. The molecule has 0 saturated heterocycles.